The van der Waals surface area contributed by atoms with Gasteiger partial charge in [0, 0.05) is 11.3 Å². The molecule has 0 spiro atoms. The highest BCUT2D eigenvalue weighted by Gasteiger charge is 2.30. The average Bonchev–Trinajstić information content (AvgIpc) is 2.84. The highest BCUT2D eigenvalue weighted by atomic mass is 19.4. The summed E-state index contributed by atoms with van der Waals surface area (Å²) in [6.07, 6.45) is -1.10. The molecule has 0 atom stereocenters. The summed E-state index contributed by atoms with van der Waals surface area (Å²) in [5.74, 6) is 0. The number of halogens is 3. The average molecular weight is 277 g/mol. The third kappa shape index (κ3) is 2.26. The molecule has 1 aliphatic rings. The van der Waals surface area contributed by atoms with E-state index in [9.17, 15) is 13.2 Å². The van der Waals surface area contributed by atoms with Gasteiger partial charge in [-0.15, -0.1) is 0 Å². The van der Waals surface area contributed by atoms with E-state index in [2.05, 4.69) is 6.07 Å². The molecule has 0 saturated heterocycles. The molecule has 4 heteroatoms. The highest BCUT2D eigenvalue weighted by Crippen LogP contribution is 2.35. The summed E-state index contributed by atoms with van der Waals surface area (Å²) in [7, 11) is 0. The lowest BCUT2D eigenvalue weighted by molar-refractivity contribution is -0.137. The van der Waals surface area contributed by atoms with Crippen LogP contribution < -0.4 is 5.73 Å². The van der Waals surface area contributed by atoms with E-state index in [0.29, 0.717) is 5.56 Å². The number of hydrogen-bond acceptors (Lipinski definition) is 1. The molecule has 20 heavy (non-hydrogen) atoms. The first-order valence-corrected chi connectivity index (χ1v) is 6.54. The quantitative estimate of drug-likeness (QED) is 0.766. The topological polar surface area (TPSA) is 26.0 Å². The van der Waals surface area contributed by atoms with Crippen molar-refractivity contribution in [2.75, 3.05) is 5.73 Å². The van der Waals surface area contributed by atoms with Crippen molar-refractivity contribution in [1.82, 2.24) is 0 Å². The second kappa shape index (κ2) is 4.54. The van der Waals surface area contributed by atoms with Gasteiger partial charge in [-0.3, -0.25) is 0 Å². The third-order valence-electron chi connectivity index (χ3n) is 3.79. The fraction of sp³-hybridized carbons (Fsp3) is 0.250. The maximum absolute atomic E-state index is 12.6. The van der Waals surface area contributed by atoms with E-state index in [1.54, 1.807) is 0 Å². The van der Waals surface area contributed by atoms with Gasteiger partial charge in [0.1, 0.15) is 0 Å². The molecule has 0 radical (unpaired) electrons. The van der Waals surface area contributed by atoms with Crippen molar-refractivity contribution in [1.29, 1.82) is 0 Å². The van der Waals surface area contributed by atoms with Gasteiger partial charge in [0.2, 0.25) is 0 Å². The van der Waals surface area contributed by atoms with E-state index in [4.69, 9.17) is 5.73 Å². The van der Waals surface area contributed by atoms with Crippen molar-refractivity contribution in [3.05, 3.63) is 53.1 Å². The van der Waals surface area contributed by atoms with Gasteiger partial charge in [-0.1, -0.05) is 24.3 Å². The molecule has 0 aliphatic heterocycles. The van der Waals surface area contributed by atoms with Crippen LogP contribution in [-0.2, 0) is 19.0 Å². The van der Waals surface area contributed by atoms with Gasteiger partial charge in [-0.2, -0.15) is 13.2 Å². The highest BCUT2D eigenvalue weighted by molar-refractivity contribution is 5.77. The molecule has 2 aromatic carbocycles. The SMILES string of the molecule is Nc1cc(C(F)(F)F)ccc1-c1ccc2c(c1)CCC2. The zero-order chi connectivity index (χ0) is 14.3. The van der Waals surface area contributed by atoms with E-state index >= 15 is 0 Å². The number of nitrogen functional groups attached to an aromatic ring is 1. The van der Waals surface area contributed by atoms with Crippen molar-refractivity contribution in [2.45, 2.75) is 25.4 Å². The van der Waals surface area contributed by atoms with Crippen LogP contribution in [0.15, 0.2) is 36.4 Å². The second-order valence-electron chi connectivity index (χ2n) is 5.14. The standard InChI is InChI=1S/C16H14F3N/c17-16(18,19)13-6-7-14(15(20)9-13)12-5-4-10-2-1-3-11(10)8-12/h4-9H,1-3,20H2. The fourth-order valence-corrected chi connectivity index (χ4v) is 2.74. The van der Waals surface area contributed by atoms with Crippen molar-refractivity contribution in [2.24, 2.45) is 0 Å². The minimum absolute atomic E-state index is 0.165. The summed E-state index contributed by atoms with van der Waals surface area (Å²) in [6.45, 7) is 0. The molecular formula is C16H14F3N. The number of anilines is 1. The maximum Gasteiger partial charge on any atom is 0.416 e. The predicted molar refractivity (Wildman–Crippen MR) is 73.3 cm³/mol. The van der Waals surface area contributed by atoms with Gasteiger partial charge in [0.05, 0.1) is 5.56 Å². The van der Waals surface area contributed by atoms with Crippen LogP contribution in [0, 0.1) is 0 Å². The van der Waals surface area contributed by atoms with E-state index in [-0.39, 0.29) is 5.69 Å². The Kier molecular flexibility index (Phi) is 2.96. The Labute approximate surface area is 115 Å². The molecule has 1 nitrogen and oxygen atoms in total. The molecule has 2 aromatic rings. The Morgan fingerprint density at radius 3 is 2.35 bits per heavy atom. The largest absolute Gasteiger partial charge is 0.416 e. The summed E-state index contributed by atoms with van der Waals surface area (Å²) in [6, 6.07) is 9.56. The molecule has 104 valence electrons. The number of aryl methyl sites for hydroxylation is 2. The van der Waals surface area contributed by atoms with Gasteiger partial charge in [0.15, 0.2) is 0 Å². The van der Waals surface area contributed by atoms with Crippen LogP contribution >= 0.6 is 0 Å². The Bertz CT molecular complexity index is 659. The van der Waals surface area contributed by atoms with Crippen LogP contribution in [0.1, 0.15) is 23.1 Å². The lowest BCUT2D eigenvalue weighted by Gasteiger charge is -2.12. The predicted octanol–water partition coefficient (Wildman–Crippen LogP) is 4.44. The van der Waals surface area contributed by atoms with Crippen LogP contribution in [0.25, 0.3) is 11.1 Å². The van der Waals surface area contributed by atoms with Crippen LogP contribution in [0.4, 0.5) is 18.9 Å². The Balaban J connectivity index is 2.03. The molecule has 1 aliphatic carbocycles. The molecule has 2 N–H and O–H groups in total. The molecular weight excluding hydrogens is 263 g/mol. The molecule has 0 saturated carbocycles. The summed E-state index contributed by atoms with van der Waals surface area (Å²) >= 11 is 0. The number of hydrogen-bond donors (Lipinski definition) is 1. The zero-order valence-corrected chi connectivity index (χ0v) is 10.8. The van der Waals surface area contributed by atoms with E-state index in [1.807, 2.05) is 12.1 Å². The molecule has 0 aromatic heterocycles. The number of alkyl halides is 3. The van der Waals surface area contributed by atoms with Crippen LogP contribution in [-0.4, -0.2) is 0 Å². The van der Waals surface area contributed by atoms with Crippen molar-refractivity contribution < 1.29 is 13.2 Å². The van der Waals surface area contributed by atoms with Gasteiger partial charge in [-0.25, -0.2) is 0 Å². The minimum Gasteiger partial charge on any atom is -0.398 e. The van der Waals surface area contributed by atoms with Gasteiger partial charge in [-0.05, 0) is 48.1 Å². The van der Waals surface area contributed by atoms with Gasteiger partial charge >= 0.3 is 6.18 Å². The molecule has 0 fully saturated rings. The van der Waals surface area contributed by atoms with E-state index < -0.39 is 11.7 Å². The lowest BCUT2D eigenvalue weighted by Crippen LogP contribution is -2.06. The second-order valence-corrected chi connectivity index (χ2v) is 5.14. The summed E-state index contributed by atoms with van der Waals surface area (Å²) < 4.78 is 37.9. The monoisotopic (exact) mass is 277 g/mol. The third-order valence-corrected chi connectivity index (χ3v) is 3.79. The number of benzene rings is 2. The smallest absolute Gasteiger partial charge is 0.398 e. The van der Waals surface area contributed by atoms with Crippen molar-refractivity contribution >= 4 is 5.69 Å². The van der Waals surface area contributed by atoms with Crippen LogP contribution in [0.3, 0.4) is 0 Å². The number of fused-ring (bicyclic) bond motifs is 1. The van der Waals surface area contributed by atoms with Gasteiger partial charge in [0.25, 0.3) is 0 Å². The normalized spacial score (nSPS) is 14.3. The number of rotatable bonds is 1. The Morgan fingerprint density at radius 2 is 1.65 bits per heavy atom. The molecule has 0 amide bonds. The summed E-state index contributed by atoms with van der Waals surface area (Å²) in [5, 5.41) is 0. The first kappa shape index (κ1) is 13.0. The van der Waals surface area contributed by atoms with E-state index in [0.717, 1.165) is 37.0 Å². The minimum atomic E-state index is -4.36. The van der Waals surface area contributed by atoms with Crippen molar-refractivity contribution in [3.8, 4) is 11.1 Å². The molecule has 0 unspecified atom stereocenters. The Morgan fingerprint density at radius 1 is 0.900 bits per heavy atom. The Hall–Kier alpha value is -1.97. The van der Waals surface area contributed by atoms with Crippen molar-refractivity contribution in [3.63, 3.8) is 0 Å². The summed E-state index contributed by atoms with van der Waals surface area (Å²) in [5.41, 5.74) is 9.41. The first-order chi connectivity index (χ1) is 9.45. The van der Waals surface area contributed by atoms with E-state index in [1.165, 1.54) is 17.2 Å². The maximum atomic E-state index is 12.6. The fourth-order valence-electron chi connectivity index (χ4n) is 2.74. The lowest BCUT2D eigenvalue weighted by atomic mass is 9.98. The first-order valence-electron chi connectivity index (χ1n) is 6.54. The summed E-state index contributed by atoms with van der Waals surface area (Å²) in [4.78, 5) is 0. The van der Waals surface area contributed by atoms with Gasteiger partial charge < -0.3 is 5.73 Å². The number of nitrogens with two attached hydrogens (primary N) is 1. The molecule has 3 rings (SSSR count). The zero-order valence-electron chi connectivity index (χ0n) is 10.8. The molecule has 0 bridgehead atoms. The molecule has 0 heterocycles. The van der Waals surface area contributed by atoms with Crippen LogP contribution in [0.2, 0.25) is 0 Å². The van der Waals surface area contributed by atoms with Crippen LogP contribution in [0.5, 0.6) is 0 Å².